The van der Waals surface area contributed by atoms with Gasteiger partial charge in [0, 0.05) is 0 Å². The van der Waals surface area contributed by atoms with E-state index in [9.17, 15) is 9.59 Å². The Morgan fingerprint density at radius 1 is 1.75 bits per heavy atom. The van der Waals surface area contributed by atoms with E-state index in [0.717, 1.165) is 6.42 Å². The molecule has 3 N–H and O–H groups in total. The van der Waals surface area contributed by atoms with Crippen molar-refractivity contribution in [2.45, 2.75) is 32.4 Å². The van der Waals surface area contributed by atoms with Gasteiger partial charge in [0.15, 0.2) is 6.10 Å². The van der Waals surface area contributed by atoms with Crippen molar-refractivity contribution >= 4 is 12.1 Å². The topological polar surface area (TPSA) is 90.7 Å². The molecule has 0 radical (unpaired) electrons. The number of carbonyl (C=O) groups excluding carboxylic acids is 2. The summed E-state index contributed by atoms with van der Waals surface area (Å²) in [6.45, 7) is 4.27. The van der Waals surface area contributed by atoms with Gasteiger partial charge in [0.2, 0.25) is 0 Å². The lowest BCUT2D eigenvalue weighted by Gasteiger charge is -2.17. The first-order chi connectivity index (χ1) is 7.54. The molecular weight excluding hydrogens is 212 g/mol. The first kappa shape index (κ1) is 12.8. The van der Waals surface area contributed by atoms with Crippen LogP contribution in [-0.2, 0) is 14.3 Å². The van der Waals surface area contributed by atoms with E-state index in [1.165, 1.54) is 0 Å². The van der Waals surface area contributed by atoms with E-state index < -0.39 is 24.2 Å². The number of hydrogen-bond donors (Lipinski definition) is 2. The molecule has 0 bridgehead atoms. The molecule has 3 atom stereocenters. The highest BCUT2D eigenvalue weighted by molar-refractivity contribution is 5.76. The molecule has 0 aromatic heterocycles. The number of cyclic esters (lactones) is 1. The number of carbonyl (C=O) groups is 2. The summed E-state index contributed by atoms with van der Waals surface area (Å²) >= 11 is 0. The van der Waals surface area contributed by atoms with Crippen molar-refractivity contribution in [3.05, 3.63) is 0 Å². The number of nitrogens with two attached hydrogens (primary N) is 1. The molecule has 1 fully saturated rings. The predicted molar refractivity (Wildman–Crippen MR) is 56.7 cm³/mol. The van der Waals surface area contributed by atoms with Crippen LogP contribution in [0.25, 0.3) is 0 Å². The summed E-state index contributed by atoms with van der Waals surface area (Å²) in [5.74, 6) is -0.367. The van der Waals surface area contributed by atoms with Crippen LogP contribution in [0, 0.1) is 5.92 Å². The molecule has 0 aromatic rings. The number of hydrogen-bond acceptors (Lipinski definition) is 5. The molecule has 6 nitrogen and oxygen atoms in total. The number of nitrogens with one attached hydrogen (secondary N) is 1. The van der Waals surface area contributed by atoms with Gasteiger partial charge in [0.05, 0.1) is 6.54 Å². The molecule has 1 amide bonds. The Morgan fingerprint density at radius 2 is 2.44 bits per heavy atom. The number of esters is 1. The molecule has 1 heterocycles. The lowest BCUT2D eigenvalue weighted by atomic mass is 10.0. The molecule has 16 heavy (non-hydrogen) atoms. The van der Waals surface area contributed by atoms with E-state index in [4.69, 9.17) is 15.2 Å². The first-order valence-corrected chi connectivity index (χ1v) is 5.41. The minimum atomic E-state index is -0.616. The molecule has 1 rings (SSSR count). The summed E-state index contributed by atoms with van der Waals surface area (Å²) in [6.07, 6.45) is -0.0659. The third-order valence-electron chi connectivity index (χ3n) is 2.69. The van der Waals surface area contributed by atoms with E-state index in [-0.39, 0.29) is 12.5 Å². The van der Waals surface area contributed by atoms with Crippen molar-refractivity contribution in [1.29, 1.82) is 0 Å². The van der Waals surface area contributed by atoms with Crippen molar-refractivity contribution in [1.82, 2.24) is 5.32 Å². The molecule has 0 aromatic carbocycles. The van der Waals surface area contributed by atoms with Crippen LogP contribution in [0.2, 0.25) is 0 Å². The number of amides is 1. The van der Waals surface area contributed by atoms with Crippen molar-refractivity contribution in [2.75, 3.05) is 13.2 Å². The van der Waals surface area contributed by atoms with Gasteiger partial charge >= 0.3 is 12.1 Å². The maximum Gasteiger partial charge on any atom is 0.407 e. The zero-order valence-electron chi connectivity index (χ0n) is 9.56. The fourth-order valence-corrected chi connectivity index (χ4v) is 1.28. The summed E-state index contributed by atoms with van der Waals surface area (Å²) in [5, 5.41) is 2.47. The van der Waals surface area contributed by atoms with Crippen LogP contribution in [0.1, 0.15) is 20.3 Å². The minimum Gasteiger partial charge on any atom is -0.461 e. The second kappa shape index (κ2) is 5.69. The van der Waals surface area contributed by atoms with Crippen LogP contribution in [0.15, 0.2) is 0 Å². The summed E-state index contributed by atoms with van der Waals surface area (Å²) < 4.78 is 9.79. The molecule has 0 unspecified atom stereocenters. The van der Waals surface area contributed by atoms with Gasteiger partial charge in [-0.3, -0.25) is 4.79 Å². The highest BCUT2D eigenvalue weighted by Gasteiger charge is 2.26. The third-order valence-corrected chi connectivity index (χ3v) is 2.69. The average Bonchev–Trinajstić information content (AvgIpc) is 2.69. The summed E-state index contributed by atoms with van der Waals surface area (Å²) in [7, 11) is 0. The van der Waals surface area contributed by atoms with E-state index in [2.05, 4.69) is 5.32 Å². The van der Waals surface area contributed by atoms with Gasteiger partial charge in [-0.25, -0.2) is 4.79 Å². The molecule has 1 aliphatic heterocycles. The van der Waals surface area contributed by atoms with Crippen LogP contribution in [-0.4, -0.2) is 37.4 Å². The lowest BCUT2D eigenvalue weighted by molar-refractivity contribution is -0.148. The average molecular weight is 230 g/mol. The van der Waals surface area contributed by atoms with Crippen LogP contribution in [0.5, 0.6) is 0 Å². The lowest BCUT2D eigenvalue weighted by Crippen LogP contribution is -2.39. The Hall–Kier alpha value is -1.30. The minimum absolute atomic E-state index is 0.0572. The molecule has 1 aliphatic rings. The summed E-state index contributed by atoms with van der Waals surface area (Å²) in [6, 6.07) is -0.616. The maximum atomic E-state index is 11.5. The highest BCUT2D eigenvalue weighted by atomic mass is 16.6. The standard InChI is InChI=1S/C10H18N2O4/c1-3-6(2)8(11)9(13)15-5-7-4-12-10(14)16-7/h6-8H,3-5,11H2,1-2H3,(H,12,14)/t6-,7+,8-/m0/s1. The van der Waals surface area contributed by atoms with Crippen molar-refractivity contribution in [2.24, 2.45) is 11.7 Å². The zero-order chi connectivity index (χ0) is 12.1. The Balaban J connectivity index is 2.27. The van der Waals surface area contributed by atoms with Gasteiger partial charge in [-0.1, -0.05) is 20.3 Å². The normalized spacial score (nSPS) is 23.2. The quantitative estimate of drug-likeness (QED) is 0.649. The number of alkyl carbamates (subject to hydrolysis) is 1. The monoisotopic (exact) mass is 230 g/mol. The molecule has 0 aliphatic carbocycles. The number of ether oxygens (including phenoxy) is 2. The Bertz CT molecular complexity index is 270. The van der Waals surface area contributed by atoms with E-state index in [1.54, 1.807) is 0 Å². The van der Waals surface area contributed by atoms with Crippen LogP contribution < -0.4 is 11.1 Å². The summed E-state index contributed by atoms with van der Waals surface area (Å²) in [4.78, 5) is 22.2. The fraction of sp³-hybridized carbons (Fsp3) is 0.800. The van der Waals surface area contributed by atoms with Crippen molar-refractivity contribution in [3.63, 3.8) is 0 Å². The fourth-order valence-electron chi connectivity index (χ4n) is 1.28. The highest BCUT2D eigenvalue weighted by Crippen LogP contribution is 2.08. The van der Waals surface area contributed by atoms with Gasteiger partial charge in [-0.15, -0.1) is 0 Å². The molecule has 0 spiro atoms. The van der Waals surface area contributed by atoms with Crippen molar-refractivity contribution in [3.8, 4) is 0 Å². The molecule has 92 valence electrons. The van der Waals surface area contributed by atoms with Gasteiger partial charge in [-0.2, -0.15) is 0 Å². The second-order valence-electron chi connectivity index (χ2n) is 3.95. The summed E-state index contributed by atoms with van der Waals surface area (Å²) in [5.41, 5.74) is 5.69. The van der Waals surface area contributed by atoms with Gasteiger partial charge in [0.1, 0.15) is 12.6 Å². The van der Waals surface area contributed by atoms with Crippen molar-refractivity contribution < 1.29 is 19.1 Å². The largest absolute Gasteiger partial charge is 0.461 e. The zero-order valence-corrected chi connectivity index (χ0v) is 9.56. The van der Waals surface area contributed by atoms with Crippen LogP contribution in [0.3, 0.4) is 0 Å². The smallest absolute Gasteiger partial charge is 0.407 e. The molecule has 1 saturated heterocycles. The first-order valence-electron chi connectivity index (χ1n) is 5.41. The van der Waals surface area contributed by atoms with E-state index >= 15 is 0 Å². The Morgan fingerprint density at radius 3 is 2.94 bits per heavy atom. The SMILES string of the molecule is CC[C@H](C)[C@H](N)C(=O)OC[C@H]1CNC(=O)O1. The van der Waals surface area contributed by atoms with Gasteiger partial charge in [-0.05, 0) is 5.92 Å². The second-order valence-corrected chi connectivity index (χ2v) is 3.95. The van der Waals surface area contributed by atoms with Crippen LogP contribution >= 0.6 is 0 Å². The molecule has 6 heteroatoms. The Labute approximate surface area is 94.5 Å². The molecule has 0 saturated carbocycles. The van der Waals surface area contributed by atoms with Gasteiger partial charge in [0.25, 0.3) is 0 Å². The predicted octanol–water partition coefficient (Wildman–Crippen LogP) is 0.0114. The van der Waals surface area contributed by atoms with E-state index in [1.807, 2.05) is 13.8 Å². The van der Waals surface area contributed by atoms with Gasteiger partial charge < -0.3 is 20.5 Å². The van der Waals surface area contributed by atoms with E-state index in [0.29, 0.717) is 6.54 Å². The third kappa shape index (κ3) is 3.37. The number of rotatable bonds is 5. The van der Waals surface area contributed by atoms with Crippen LogP contribution in [0.4, 0.5) is 4.79 Å². The molecular formula is C10H18N2O4. The maximum absolute atomic E-state index is 11.5. The Kier molecular flexibility index (Phi) is 4.54.